The lowest BCUT2D eigenvalue weighted by Crippen LogP contribution is -2.44. The second kappa shape index (κ2) is 6.40. The van der Waals surface area contributed by atoms with Crippen LogP contribution in [0, 0.1) is 0 Å². The number of hydrogen-bond donors (Lipinski definition) is 0. The number of nitrogens with zero attached hydrogens (tertiary/aromatic N) is 1. The van der Waals surface area contributed by atoms with Gasteiger partial charge in [-0.15, -0.1) is 0 Å². The van der Waals surface area contributed by atoms with Gasteiger partial charge >= 0.3 is 6.09 Å². The molecule has 0 saturated carbocycles. The SMILES string of the molecule is CC(C)(C)OC(=O)N1C(=O)C(F)(Cc2ccc(Cl)cc2)c2ccccc21. The normalized spacial score (nSPS) is 19.4. The summed E-state index contributed by atoms with van der Waals surface area (Å²) in [6, 6.07) is 13.0. The molecule has 136 valence electrons. The van der Waals surface area contributed by atoms with Gasteiger partial charge in [0.1, 0.15) is 5.60 Å². The molecule has 2 aromatic rings. The Morgan fingerprint density at radius 3 is 2.38 bits per heavy atom. The topological polar surface area (TPSA) is 46.6 Å². The number of anilines is 1. The minimum absolute atomic E-state index is 0.158. The van der Waals surface area contributed by atoms with Crippen molar-refractivity contribution in [1.29, 1.82) is 0 Å². The van der Waals surface area contributed by atoms with Crippen LogP contribution in [0.25, 0.3) is 0 Å². The minimum Gasteiger partial charge on any atom is -0.443 e. The molecule has 0 fully saturated rings. The lowest BCUT2D eigenvalue weighted by Gasteiger charge is -2.24. The summed E-state index contributed by atoms with van der Waals surface area (Å²) in [7, 11) is 0. The molecule has 1 aliphatic heterocycles. The van der Waals surface area contributed by atoms with Crippen LogP contribution in [0.3, 0.4) is 0 Å². The molecular formula is C20H19ClFNO3. The number of para-hydroxylation sites is 1. The van der Waals surface area contributed by atoms with E-state index >= 15 is 4.39 Å². The van der Waals surface area contributed by atoms with Crippen molar-refractivity contribution in [1.82, 2.24) is 0 Å². The zero-order chi connectivity index (χ0) is 19.1. The quantitative estimate of drug-likeness (QED) is 0.739. The monoisotopic (exact) mass is 375 g/mol. The lowest BCUT2D eigenvalue weighted by atomic mass is 9.90. The average molecular weight is 376 g/mol. The number of benzene rings is 2. The molecule has 1 atom stereocenters. The van der Waals surface area contributed by atoms with Crippen molar-refractivity contribution in [2.24, 2.45) is 0 Å². The van der Waals surface area contributed by atoms with Gasteiger partial charge in [0.2, 0.25) is 5.67 Å². The summed E-state index contributed by atoms with van der Waals surface area (Å²) in [6.07, 6.45) is -1.08. The van der Waals surface area contributed by atoms with Gasteiger partial charge in [0.25, 0.3) is 5.91 Å². The van der Waals surface area contributed by atoms with Crippen LogP contribution in [-0.4, -0.2) is 17.6 Å². The number of carbonyl (C=O) groups excluding carboxylic acids is 2. The van der Waals surface area contributed by atoms with E-state index in [0.717, 1.165) is 4.90 Å². The molecule has 0 spiro atoms. The first-order valence-electron chi connectivity index (χ1n) is 8.22. The molecule has 2 amide bonds. The number of ether oxygens (including phenoxy) is 1. The third-order valence-corrected chi connectivity index (χ3v) is 4.30. The highest BCUT2D eigenvalue weighted by atomic mass is 35.5. The fraction of sp³-hybridized carbons (Fsp3) is 0.300. The molecule has 0 N–H and O–H groups in total. The predicted octanol–water partition coefficient (Wildman–Crippen LogP) is 5.03. The van der Waals surface area contributed by atoms with Crippen LogP contribution in [0.2, 0.25) is 5.02 Å². The zero-order valence-corrected chi connectivity index (χ0v) is 15.5. The maximum Gasteiger partial charge on any atom is 0.421 e. The number of hydrogen-bond acceptors (Lipinski definition) is 3. The van der Waals surface area contributed by atoms with Crippen LogP contribution in [0.5, 0.6) is 0 Å². The number of alkyl halides is 1. The van der Waals surface area contributed by atoms with Gasteiger partial charge in [0, 0.05) is 17.0 Å². The molecule has 0 saturated heterocycles. The molecule has 2 aromatic carbocycles. The average Bonchev–Trinajstić information content (AvgIpc) is 2.77. The first kappa shape index (κ1) is 18.4. The molecule has 4 nitrogen and oxygen atoms in total. The summed E-state index contributed by atoms with van der Waals surface area (Å²) in [6.45, 7) is 5.06. The minimum atomic E-state index is -2.35. The largest absolute Gasteiger partial charge is 0.443 e. The highest BCUT2D eigenvalue weighted by Crippen LogP contribution is 2.45. The van der Waals surface area contributed by atoms with Crippen LogP contribution >= 0.6 is 11.6 Å². The van der Waals surface area contributed by atoms with Gasteiger partial charge in [-0.05, 0) is 44.5 Å². The highest BCUT2D eigenvalue weighted by Gasteiger charge is 2.54. The van der Waals surface area contributed by atoms with Crippen molar-refractivity contribution >= 4 is 29.3 Å². The number of imide groups is 1. The smallest absolute Gasteiger partial charge is 0.421 e. The van der Waals surface area contributed by atoms with Crippen molar-refractivity contribution in [2.45, 2.75) is 38.5 Å². The fourth-order valence-corrected chi connectivity index (χ4v) is 3.07. The second-order valence-electron chi connectivity index (χ2n) is 7.24. The van der Waals surface area contributed by atoms with Gasteiger partial charge in [-0.25, -0.2) is 14.1 Å². The Bertz CT molecular complexity index is 860. The molecular weight excluding hydrogens is 357 g/mol. The summed E-state index contributed by atoms with van der Waals surface area (Å²) >= 11 is 5.87. The van der Waals surface area contributed by atoms with E-state index in [2.05, 4.69) is 0 Å². The first-order valence-corrected chi connectivity index (χ1v) is 8.60. The molecule has 6 heteroatoms. The molecule has 0 radical (unpaired) electrons. The van der Waals surface area contributed by atoms with Crippen LogP contribution in [0.4, 0.5) is 14.9 Å². The standard InChI is InChI=1S/C20H19ClFNO3/c1-19(2,3)26-18(25)23-16-7-5-4-6-15(16)20(22,17(23)24)12-13-8-10-14(21)11-9-13/h4-11H,12H2,1-3H3. The van der Waals surface area contributed by atoms with Crippen molar-refractivity contribution in [3.05, 3.63) is 64.7 Å². The Morgan fingerprint density at radius 1 is 1.15 bits per heavy atom. The number of halogens is 2. The van der Waals surface area contributed by atoms with Crippen molar-refractivity contribution in [3.63, 3.8) is 0 Å². The Balaban J connectivity index is 2.01. The highest BCUT2D eigenvalue weighted by molar-refractivity contribution is 6.30. The van der Waals surface area contributed by atoms with Gasteiger partial charge in [-0.3, -0.25) is 4.79 Å². The first-order chi connectivity index (χ1) is 12.1. The summed E-state index contributed by atoms with van der Waals surface area (Å²) in [5.41, 5.74) is -2.18. The van der Waals surface area contributed by atoms with E-state index in [0.29, 0.717) is 10.6 Å². The van der Waals surface area contributed by atoms with Gasteiger partial charge in [0.05, 0.1) is 5.69 Å². The van der Waals surface area contributed by atoms with Crippen LogP contribution < -0.4 is 4.90 Å². The summed E-state index contributed by atoms with van der Waals surface area (Å²) in [5.74, 6) is -0.942. The van der Waals surface area contributed by atoms with Crippen molar-refractivity contribution < 1.29 is 18.7 Å². The maximum absolute atomic E-state index is 15.9. The molecule has 1 heterocycles. The van der Waals surface area contributed by atoms with E-state index in [9.17, 15) is 9.59 Å². The van der Waals surface area contributed by atoms with Crippen LogP contribution in [-0.2, 0) is 21.6 Å². The Morgan fingerprint density at radius 2 is 1.77 bits per heavy atom. The molecule has 0 aromatic heterocycles. The summed E-state index contributed by atoms with van der Waals surface area (Å²) in [5, 5.41) is 0.523. The predicted molar refractivity (Wildman–Crippen MR) is 98.1 cm³/mol. The molecule has 1 aliphatic rings. The lowest BCUT2D eigenvalue weighted by molar-refractivity contribution is -0.129. The van der Waals surface area contributed by atoms with Gasteiger partial charge < -0.3 is 4.74 Å². The van der Waals surface area contributed by atoms with Crippen LogP contribution in [0.1, 0.15) is 31.9 Å². The molecule has 1 unspecified atom stereocenters. The number of amides is 2. The van der Waals surface area contributed by atoms with Gasteiger partial charge in [-0.2, -0.15) is 0 Å². The number of fused-ring (bicyclic) bond motifs is 1. The maximum atomic E-state index is 15.9. The van der Waals surface area contributed by atoms with E-state index in [1.807, 2.05) is 0 Å². The molecule has 0 bridgehead atoms. The third-order valence-electron chi connectivity index (χ3n) is 4.05. The fourth-order valence-electron chi connectivity index (χ4n) is 2.95. The van der Waals surface area contributed by atoms with E-state index in [4.69, 9.17) is 16.3 Å². The molecule has 26 heavy (non-hydrogen) atoms. The van der Waals surface area contributed by atoms with E-state index in [1.54, 1.807) is 63.2 Å². The van der Waals surface area contributed by atoms with E-state index in [1.165, 1.54) is 6.07 Å². The zero-order valence-electron chi connectivity index (χ0n) is 14.8. The Labute approximate surface area is 156 Å². The van der Waals surface area contributed by atoms with Gasteiger partial charge in [0.15, 0.2) is 0 Å². The molecule has 0 aliphatic carbocycles. The van der Waals surface area contributed by atoms with E-state index in [-0.39, 0.29) is 17.7 Å². The molecule has 3 rings (SSSR count). The third kappa shape index (κ3) is 3.31. The van der Waals surface area contributed by atoms with Gasteiger partial charge in [-0.1, -0.05) is 41.9 Å². The Kier molecular flexibility index (Phi) is 4.53. The van der Waals surface area contributed by atoms with E-state index < -0.39 is 23.3 Å². The second-order valence-corrected chi connectivity index (χ2v) is 7.68. The summed E-state index contributed by atoms with van der Waals surface area (Å²) in [4.78, 5) is 26.2. The number of carbonyl (C=O) groups is 2. The van der Waals surface area contributed by atoms with Crippen molar-refractivity contribution in [2.75, 3.05) is 4.90 Å². The van der Waals surface area contributed by atoms with Crippen molar-refractivity contribution in [3.8, 4) is 0 Å². The Hall–Kier alpha value is -2.40. The van der Waals surface area contributed by atoms with Crippen LogP contribution in [0.15, 0.2) is 48.5 Å². The number of rotatable bonds is 2. The summed E-state index contributed by atoms with van der Waals surface area (Å²) < 4.78 is 21.2.